The second kappa shape index (κ2) is 7.30. The van der Waals surface area contributed by atoms with Crippen molar-refractivity contribution in [2.45, 2.75) is 30.0 Å². The van der Waals surface area contributed by atoms with E-state index in [1.807, 2.05) is 48.9 Å². The van der Waals surface area contributed by atoms with Crippen LogP contribution in [0, 0.1) is 6.92 Å². The third kappa shape index (κ3) is 3.03. The molecule has 0 radical (unpaired) electrons. The average Bonchev–Trinajstić information content (AvgIpc) is 3.31. The van der Waals surface area contributed by atoms with E-state index >= 15 is 0 Å². The molecule has 32 heavy (non-hydrogen) atoms. The van der Waals surface area contributed by atoms with Crippen LogP contribution < -0.4 is 4.74 Å². The van der Waals surface area contributed by atoms with Crippen LogP contribution in [0.2, 0.25) is 0 Å². The van der Waals surface area contributed by atoms with Crippen molar-refractivity contribution in [3.8, 4) is 5.75 Å². The number of benzene rings is 2. The lowest BCUT2D eigenvalue weighted by Crippen LogP contribution is -2.42. The predicted octanol–water partition coefficient (Wildman–Crippen LogP) is 3.62. The zero-order valence-electron chi connectivity index (χ0n) is 18.2. The summed E-state index contributed by atoms with van der Waals surface area (Å²) in [5.74, 6) is 1.83. The van der Waals surface area contributed by atoms with Gasteiger partial charge in [0.1, 0.15) is 22.9 Å². The molecule has 164 valence electrons. The second-order valence-corrected chi connectivity index (χ2v) is 10.0. The first-order valence-corrected chi connectivity index (χ1v) is 11.8. The molecule has 0 amide bonds. The Kier molecular flexibility index (Phi) is 4.67. The summed E-state index contributed by atoms with van der Waals surface area (Å²) in [4.78, 5) is 9.64. The van der Waals surface area contributed by atoms with Crippen molar-refractivity contribution in [2.75, 3.05) is 7.11 Å². The van der Waals surface area contributed by atoms with E-state index in [0.717, 1.165) is 16.7 Å². The first-order valence-electron chi connectivity index (χ1n) is 10.2. The standard InChI is InChI=1S/C23H23N5O3S/c1-14-13-20-24-15(2)22(32(29,30)17-11-9-16(31-4)10-12-17)21(28(20)26-14)23-25-18-7-5-6-8-19(18)27(23)3/h5-13,21-22H,1-4H3. The molecule has 3 heterocycles. The topological polar surface area (TPSA) is 91.4 Å². The molecule has 0 saturated carbocycles. The number of sulfone groups is 1. The number of rotatable bonds is 4. The molecule has 2 atom stereocenters. The number of aryl methyl sites for hydroxylation is 2. The van der Waals surface area contributed by atoms with Gasteiger partial charge in [-0.25, -0.2) is 23.1 Å². The van der Waals surface area contributed by atoms with Crippen molar-refractivity contribution in [2.24, 2.45) is 12.0 Å². The number of nitrogens with zero attached hydrogens (tertiary/aromatic N) is 5. The molecule has 5 rings (SSSR count). The minimum Gasteiger partial charge on any atom is -0.497 e. The first-order chi connectivity index (χ1) is 15.3. The number of imidazole rings is 1. The number of fused-ring (bicyclic) bond motifs is 2. The minimum atomic E-state index is -3.82. The zero-order valence-corrected chi connectivity index (χ0v) is 19.0. The van der Waals surface area contributed by atoms with Gasteiger partial charge in [-0.15, -0.1) is 0 Å². The van der Waals surface area contributed by atoms with Crippen molar-refractivity contribution in [1.29, 1.82) is 0 Å². The van der Waals surface area contributed by atoms with E-state index in [4.69, 9.17) is 9.72 Å². The van der Waals surface area contributed by atoms with Crippen molar-refractivity contribution >= 4 is 32.4 Å². The van der Waals surface area contributed by atoms with Crippen LogP contribution in [0.25, 0.3) is 11.0 Å². The van der Waals surface area contributed by atoms with Gasteiger partial charge < -0.3 is 9.30 Å². The smallest absolute Gasteiger partial charge is 0.189 e. The summed E-state index contributed by atoms with van der Waals surface area (Å²) in [6, 6.07) is 15.4. The third-order valence-corrected chi connectivity index (χ3v) is 8.10. The van der Waals surface area contributed by atoms with E-state index in [1.165, 1.54) is 0 Å². The van der Waals surface area contributed by atoms with Crippen LogP contribution in [0.5, 0.6) is 5.75 Å². The summed E-state index contributed by atoms with van der Waals surface area (Å²) in [7, 11) is -0.374. The Bertz CT molecular complexity index is 1470. The summed E-state index contributed by atoms with van der Waals surface area (Å²) in [5.41, 5.74) is 3.00. The van der Waals surface area contributed by atoms with Crippen LogP contribution >= 0.6 is 0 Å². The molecule has 8 nitrogen and oxygen atoms in total. The van der Waals surface area contributed by atoms with Crippen molar-refractivity contribution in [3.63, 3.8) is 0 Å². The lowest BCUT2D eigenvalue weighted by Gasteiger charge is -2.31. The van der Waals surface area contributed by atoms with Gasteiger partial charge in [-0.1, -0.05) is 12.1 Å². The van der Waals surface area contributed by atoms with Gasteiger partial charge in [0.25, 0.3) is 0 Å². The molecule has 0 spiro atoms. The third-order valence-electron chi connectivity index (χ3n) is 5.90. The molecule has 9 heteroatoms. The molecule has 2 aromatic heterocycles. The number of para-hydroxylation sites is 2. The van der Waals surface area contributed by atoms with Gasteiger partial charge in [0, 0.05) is 18.8 Å². The number of ether oxygens (including phenoxy) is 1. The average molecular weight is 450 g/mol. The highest BCUT2D eigenvalue weighted by Gasteiger charge is 2.45. The Hall–Kier alpha value is -3.46. The van der Waals surface area contributed by atoms with Gasteiger partial charge in [0.2, 0.25) is 0 Å². The monoisotopic (exact) mass is 449 g/mol. The lowest BCUT2D eigenvalue weighted by molar-refractivity contribution is 0.414. The van der Waals surface area contributed by atoms with E-state index < -0.39 is 21.1 Å². The maximum Gasteiger partial charge on any atom is 0.189 e. The number of hydrogen-bond donors (Lipinski definition) is 0. The summed E-state index contributed by atoms with van der Waals surface area (Å²) in [6.45, 7) is 3.63. The van der Waals surface area contributed by atoms with E-state index in [2.05, 4.69) is 10.1 Å². The summed E-state index contributed by atoms with van der Waals surface area (Å²) < 4.78 is 36.7. The van der Waals surface area contributed by atoms with Gasteiger partial charge in [-0.05, 0) is 50.2 Å². The molecule has 0 saturated heterocycles. The number of aliphatic imine (C=N–C) groups is 1. The predicted molar refractivity (Wildman–Crippen MR) is 123 cm³/mol. The molecular formula is C23H23N5O3S. The van der Waals surface area contributed by atoms with Gasteiger partial charge in [0.05, 0.1) is 28.7 Å². The Labute approximate surface area is 186 Å². The van der Waals surface area contributed by atoms with Gasteiger partial charge in [0.15, 0.2) is 15.7 Å². The zero-order chi connectivity index (χ0) is 22.6. The van der Waals surface area contributed by atoms with E-state index in [-0.39, 0.29) is 4.90 Å². The number of aromatic nitrogens is 4. The Morgan fingerprint density at radius 2 is 1.75 bits per heavy atom. The SMILES string of the molecule is COc1ccc(S(=O)(=O)C2C(C)=Nc3cc(C)nn3C2c2nc3ccccc3n2C)cc1. The molecule has 0 bridgehead atoms. The summed E-state index contributed by atoms with van der Waals surface area (Å²) in [6.07, 6.45) is 0. The van der Waals surface area contributed by atoms with E-state index in [9.17, 15) is 8.42 Å². The molecular weight excluding hydrogens is 426 g/mol. The highest BCUT2D eigenvalue weighted by molar-refractivity contribution is 7.92. The van der Waals surface area contributed by atoms with Crippen molar-refractivity contribution in [3.05, 3.63) is 66.1 Å². The van der Waals surface area contributed by atoms with Crippen LogP contribution in [0.3, 0.4) is 0 Å². The van der Waals surface area contributed by atoms with Crippen molar-refractivity contribution < 1.29 is 13.2 Å². The normalized spacial score (nSPS) is 18.4. The van der Waals surface area contributed by atoms with Crippen LogP contribution in [0.1, 0.15) is 24.5 Å². The molecule has 0 aliphatic carbocycles. The Morgan fingerprint density at radius 3 is 2.44 bits per heavy atom. The quantitative estimate of drug-likeness (QED) is 0.475. The fourth-order valence-corrected chi connectivity index (χ4v) is 6.26. The van der Waals surface area contributed by atoms with Gasteiger partial charge >= 0.3 is 0 Å². The van der Waals surface area contributed by atoms with Gasteiger partial charge in [-0.2, -0.15) is 5.10 Å². The Morgan fingerprint density at radius 1 is 1.03 bits per heavy atom. The maximum atomic E-state index is 13.9. The molecule has 4 aromatic rings. The molecule has 1 aliphatic rings. The van der Waals surface area contributed by atoms with Crippen LogP contribution in [-0.4, -0.2) is 45.8 Å². The number of hydrogen-bond acceptors (Lipinski definition) is 6. The lowest BCUT2D eigenvalue weighted by atomic mass is 10.1. The van der Waals surface area contributed by atoms with Crippen LogP contribution in [0.15, 0.2) is 64.5 Å². The highest BCUT2D eigenvalue weighted by Crippen LogP contribution is 2.39. The molecule has 0 N–H and O–H groups in total. The molecule has 0 fully saturated rings. The van der Waals surface area contributed by atoms with Crippen LogP contribution in [-0.2, 0) is 16.9 Å². The van der Waals surface area contributed by atoms with E-state index in [1.54, 1.807) is 43.0 Å². The minimum absolute atomic E-state index is 0.203. The summed E-state index contributed by atoms with van der Waals surface area (Å²) in [5, 5.41) is 3.65. The fraction of sp³-hybridized carbons (Fsp3) is 0.261. The summed E-state index contributed by atoms with van der Waals surface area (Å²) >= 11 is 0. The van der Waals surface area contributed by atoms with Crippen LogP contribution in [0.4, 0.5) is 5.82 Å². The fourth-order valence-electron chi connectivity index (χ4n) is 4.37. The first kappa shape index (κ1) is 20.4. The van der Waals surface area contributed by atoms with Gasteiger partial charge in [-0.3, -0.25) is 0 Å². The Balaban J connectivity index is 1.75. The van der Waals surface area contributed by atoms with Crippen molar-refractivity contribution in [1.82, 2.24) is 19.3 Å². The largest absolute Gasteiger partial charge is 0.497 e. The maximum absolute atomic E-state index is 13.9. The van der Waals surface area contributed by atoms with E-state index in [0.29, 0.717) is 23.1 Å². The number of methoxy groups -OCH3 is 1. The highest BCUT2D eigenvalue weighted by atomic mass is 32.2. The molecule has 1 aliphatic heterocycles. The second-order valence-electron chi connectivity index (χ2n) is 7.95. The molecule has 2 aromatic carbocycles. The molecule has 2 unspecified atom stereocenters.